The Hall–Kier alpha value is -0.590. The molecule has 0 spiro atoms. The van der Waals surface area contributed by atoms with Crippen LogP contribution in [0.3, 0.4) is 0 Å². The Labute approximate surface area is 99.3 Å². The number of ketones is 1. The van der Waals surface area contributed by atoms with Gasteiger partial charge in [0.15, 0.2) is 5.78 Å². The van der Waals surface area contributed by atoms with E-state index in [4.69, 9.17) is 0 Å². The van der Waals surface area contributed by atoms with Crippen LogP contribution in [0.5, 0.6) is 0 Å². The van der Waals surface area contributed by atoms with E-state index in [-0.39, 0.29) is 0 Å². The minimum absolute atomic E-state index is 0.307. The zero-order valence-electron chi connectivity index (χ0n) is 11.0. The molecule has 0 aromatic carbocycles. The van der Waals surface area contributed by atoms with Gasteiger partial charge in [0.1, 0.15) is 0 Å². The van der Waals surface area contributed by atoms with Crippen molar-refractivity contribution in [3.63, 3.8) is 0 Å². The molecule has 0 unspecified atom stereocenters. The number of fused-ring (bicyclic) bond motifs is 1. The molecule has 0 N–H and O–H groups in total. The van der Waals surface area contributed by atoms with Crippen molar-refractivity contribution in [1.82, 2.24) is 0 Å². The predicted octanol–water partition coefficient (Wildman–Crippen LogP) is 3.98. The first-order valence-electron chi connectivity index (χ1n) is 6.67. The van der Waals surface area contributed by atoms with E-state index in [0.717, 1.165) is 24.7 Å². The average Bonchev–Trinajstić information content (AvgIpc) is 2.19. The third-order valence-electron chi connectivity index (χ3n) is 5.08. The van der Waals surface area contributed by atoms with Gasteiger partial charge < -0.3 is 0 Å². The van der Waals surface area contributed by atoms with Gasteiger partial charge in [-0.05, 0) is 48.5 Å². The van der Waals surface area contributed by atoms with E-state index in [1.54, 1.807) is 0 Å². The number of hydrogen-bond acceptors (Lipinski definition) is 1. The van der Waals surface area contributed by atoms with Crippen LogP contribution in [0.25, 0.3) is 0 Å². The van der Waals surface area contributed by atoms with Crippen molar-refractivity contribution in [2.75, 3.05) is 0 Å². The molecule has 0 aromatic heterocycles. The lowest BCUT2D eigenvalue weighted by Crippen LogP contribution is -2.39. The first-order valence-corrected chi connectivity index (χ1v) is 6.67. The van der Waals surface area contributed by atoms with Gasteiger partial charge >= 0.3 is 0 Å². The second-order valence-corrected chi connectivity index (χ2v) is 6.41. The van der Waals surface area contributed by atoms with Crippen LogP contribution in [0.2, 0.25) is 0 Å². The molecule has 0 radical (unpaired) electrons. The molecule has 16 heavy (non-hydrogen) atoms. The molecule has 0 bridgehead atoms. The summed E-state index contributed by atoms with van der Waals surface area (Å²) in [5, 5.41) is 0. The van der Waals surface area contributed by atoms with Crippen LogP contribution in [0, 0.1) is 23.2 Å². The number of hydrogen-bond donors (Lipinski definition) is 0. The summed E-state index contributed by atoms with van der Waals surface area (Å²) in [6, 6.07) is 0. The number of carbonyl (C=O) groups is 1. The SMILES string of the molecule is CC(C)[C@@H]1CCC2=CC(=O)C[C@@H](C)[C@]2(C)C1. The van der Waals surface area contributed by atoms with E-state index in [1.165, 1.54) is 18.4 Å². The van der Waals surface area contributed by atoms with Crippen molar-refractivity contribution < 1.29 is 4.79 Å². The first-order chi connectivity index (χ1) is 7.43. The van der Waals surface area contributed by atoms with Gasteiger partial charge in [0, 0.05) is 6.42 Å². The van der Waals surface area contributed by atoms with Gasteiger partial charge in [0.2, 0.25) is 0 Å². The number of rotatable bonds is 1. The fourth-order valence-corrected chi connectivity index (χ4v) is 3.51. The zero-order valence-corrected chi connectivity index (χ0v) is 11.0. The summed E-state index contributed by atoms with van der Waals surface area (Å²) in [6.07, 6.45) is 6.42. The van der Waals surface area contributed by atoms with Gasteiger partial charge in [-0.25, -0.2) is 0 Å². The van der Waals surface area contributed by atoms with Crippen molar-refractivity contribution in [2.24, 2.45) is 23.2 Å². The Balaban J connectivity index is 2.27. The van der Waals surface area contributed by atoms with Crippen LogP contribution >= 0.6 is 0 Å². The molecule has 2 aliphatic carbocycles. The second-order valence-electron chi connectivity index (χ2n) is 6.41. The Kier molecular flexibility index (Phi) is 2.98. The molecule has 1 nitrogen and oxygen atoms in total. The quantitative estimate of drug-likeness (QED) is 0.653. The lowest BCUT2D eigenvalue weighted by atomic mass is 9.57. The van der Waals surface area contributed by atoms with Crippen LogP contribution < -0.4 is 0 Å². The molecular weight excluding hydrogens is 196 g/mol. The molecule has 1 saturated carbocycles. The maximum atomic E-state index is 11.6. The van der Waals surface area contributed by atoms with Crippen molar-refractivity contribution in [3.8, 4) is 0 Å². The second kappa shape index (κ2) is 4.01. The minimum atomic E-state index is 0.307. The zero-order chi connectivity index (χ0) is 11.9. The van der Waals surface area contributed by atoms with Crippen LogP contribution in [0.15, 0.2) is 11.6 Å². The average molecular weight is 220 g/mol. The Morgan fingerprint density at radius 3 is 2.75 bits per heavy atom. The molecule has 0 aliphatic heterocycles. The molecule has 0 heterocycles. The lowest BCUT2D eigenvalue weighted by molar-refractivity contribution is -0.117. The maximum Gasteiger partial charge on any atom is 0.155 e. The van der Waals surface area contributed by atoms with Crippen LogP contribution in [-0.2, 0) is 4.79 Å². The van der Waals surface area contributed by atoms with Crippen molar-refractivity contribution >= 4 is 5.78 Å². The monoisotopic (exact) mass is 220 g/mol. The highest BCUT2D eigenvalue weighted by Crippen LogP contribution is 2.52. The summed E-state index contributed by atoms with van der Waals surface area (Å²) >= 11 is 0. The number of allylic oxidation sites excluding steroid dienone is 2. The van der Waals surface area contributed by atoms with E-state index >= 15 is 0 Å². The fourth-order valence-electron chi connectivity index (χ4n) is 3.51. The summed E-state index contributed by atoms with van der Waals surface area (Å²) < 4.78 is 0. The van der Waals surface area contributed by atoms with Crippen molar-refractivity contribution in [2.45, 2.75) is 53.4 Å². The van der Waals surface area contributed by atoms with Gasteiger partial charge in [-0.15, -0.1) is 0 Å². The Morgan fingerprint density at radius 1 is 1.44 bits per heavy atom. The molecule has 3 atom stereocenters. The molecule has 0 amide bonds. The van der Waals surface area contributed by atoms with Gasteiger partial charge in [-0.3, -0.25) is 4.79 Å². The summed E-state index contributed by atoms with van der Waals surface area (Å²) in [7, 11) is 0. The van der Waals surface area contributed by atoms with Gasteiger partial charge in [-0.1, -0.05) is 33.3 Å². The third kappa shape index (κ3) is 1.85. The highest BCUT2D eigenvalue weighted by molar-refractivity contribution is 5.91. The highest BCUT2D eigenvalue weighted by Gasteiger charge is 2.43. The van der Waals surface area contributed by atoms with E-state index in [9.17, 15) is 4.79 Å². The summed E-state index contributed by atoms with van der Waals surface area (Å²) in [6.45, 7) is 9.31. The largest absolute Gasteiger partial charge is 0.295 e. The van der Waals surface area contributed by atoms with Crippen LogP contribution in [0.4, 0.5) is 0 Å². The van der Waals surface area contributed by atoms with Crippen LogP contribution in [-0.4, -0.2) is 5.78 Å². The number of carbonyl (C=O) groups excluding carboxylic acids is 1. The van der Waals surface area contributed by atoms with Crippen molar-refractivity contribution in [1.29, 1.82) is 0 Å². The predicted molar refractivity (Wildman–Crippen MR) is 67.2 cm³/mol. The van der Waals surface area contributed by atoms with Crippen molar-refractivity contribution in [3.05, 3.63) is 11.6 Å². The van der Waals surface area contributed by atoms with Gasteiger partial charge in [0.25, 0.3) is 0 Å². The topological polar surface area (TPSA) is 17.1 Å². The summed E-state index contributed by atoms with van der Waals surface area (Å²) in [4.78, 5) is 11.6. The van der Waals surface area contributed by atoms with E-state index in [0.29, 0.717) is 17.1 Å². The molecule has 1 heteroatoms. The molecule has 0 saturated heterocycles. The van der Waals surface area contributed by atoms with Crippen LogP contribution in [0.1, 0.15) is 53.4 Å². The van der Waals surface area contributed by atoms with Gasteiger partial charge in [0.05, 0.1) is 0 Å². The van der Waals surface area contributed by atoms with E-state index in [1.807, 2.05) is 6.08 Å². The maximum absolute atomic E-state index is 11.6. The minimum Gasteiger partial charge on any atom is -0.295 e. The smallest absolute Gasteiger partial charge is 0.155 e. The fraction of sp³-hybridized carbons (Fsp3) is 0.800. The molecule has 0 aromatic rings. The third-order valence-corrected chi connectivity index (χ3v) is 5.08. The molecule has 2 aliphatic rings. The van der Waals surface area contributed by atoms with E-state index in [2.05, 4.69) is 27.7 Å². The summed E-state index contributed by atoms with van der Waals surface area (Å²) in [5.41, 5.74) is 1.74. The van der Waals surface area contributed by atoms with Gasteiger partial charge in [-0.2, -0.15) is 0 Å². The Bertz CT molecular complexity index is 326. The Morgan fingerprint density at radius 2 is 2.12 bits per heavy atom. The molecular formula is C15H24O. The highest BCUT2D eigenvalue weighted by atomic mass is 16.1. The van der Waals surface area contributed by atoms with E-state index < -0.39 is 0 Å². The first kappa shape index (κ1) is 11.9. The summed E-state index contributed by atoms with van der Waals surface area (Å²) in [5.74, 6) is 2.51. The lowest BCUT2D eigenvalue weighted by Gasteiger charge is -2.47. The molecule has 1 fully saturated rings. The normalized spacial score (nSPS) is 39.6. The molecule has 90 valence electrons. The standard InChI is InChI=1S/C15H24O/c1-10(2)12-5-6-13-8-14(16)7-11(3)15(13,4)9-12/h8,10-12H,5-7,9H2,1-4H3/t11-,12-,15+/m1/s1. The molecule has 2 rings (SSSR count).